The normalized spacial score (nSPS) is 10.7. The molecule has 0 fully saturated rings. The first-order valence-corrected chi connectivity index (χ1v) is 11.7. The van der Waals surface area contributed by atoms with Crippen molar-refractivity contribution in [3.8, 4) is 5.75 Å². The maximum atomic E-state index is 12.0. The zero-order chi connectivity index (χ0) is 23.5. The van der Waals surface area contributed by atoms with Crippen molar-refractivity contribution in [1.29, 1.82) is 0 Å². The molecular weight excluding hydrogens is 458 g/mol. The molecule has 2 amide bonds. The molecule has 3 aromatic carbocycles. The van der Waals surface area contributed by atoms with Gasteiger partial charge in [-0.25, -0.2) is 5.43 Å². The van der Waals surface area contributed by atoms with E-state index >= 15 is 0 Å². The lowest BCUT2D eigenvalue weighted by molar-refractivity contribution is -0.119. The second-order valence-electron chi connectivity index (χ2n) is 7.19. The second-order valence-corrected chi connectivity index (χ2v) is 8.61. The highest BCUT2D eigenvalue weighted by molar-refractivity contribution is 7.99. The standard InChI is InChI=1S/C25H24ClN3O3S/c1-18-5-9-22(10-6-18)28-24(30)15-32-23-11-7-19(8-12-23)14-27-29-25(31)17-33-16-20-3-2-4-21(26)13-20/h2-14H,15-17H2,1H3,(H,28,30)(H,29,31)/b27-14-. The third kappa shape index (κ3) is 9.00. The summed E-state index contributed by atoms with van der Waals surface area (Å²) >= 11 is 7.44. The SMILES string of the molecule is Cc1ccc(NC(=O)COc2ccc(/C=N\NC(=O)CSCc3cccc(Cl)c3)cc2)cc1. The number of hydrazone groups is 1. The molecule has 33 heavy (non-hydrogen) atoms. The topological polar surface area (TPSA) is 79.8 Å². The minimum absolute atomic E-state index is 0.0930. The van der Waals surface area contributed by atoms with Crippen LogP contribution in [0, 0.1) is 6.92 Å². The first-order chi connectivity index (χ1) is 16.0. The number of nitrogens with one attached hydrogen (secondary N) is 2. The number of carbonyl (C=O) groups excluding carboxylic acids is 2. The largest absolute Gasteiger partial charge is 0.484 e. The lowest BCUT2D eigenvalue weighted by Crippen LogP contribution is -2.20. The van der Waals surface area contributed by atoms with Crippen molar-refractivity contribution in [2.45, 2.75) is 12.7 Å². The minimum Gasteiger partial charge on any atom is -0.484 e. The predicted octanol–water partition coefficient (Wildman–Crippen LogP) is 5.05. The van der Waals surface area contributed by atoms with Crippen LogP contribution in [0.2, 0.25) is 5.02 Å². The van der Waals surface area contributed by atoms with Crippen molar-refractivity contribution in [2.24, 2.45) is 5.10 Å². The second kappa shape index (κ2) is 12.7. The maximum absolute atomic E-state index is 12.0. The van der Waals surface area contributed by atoms with Gasteiger partial charge in [0.15, 0.2) is 6.61 Å². The maximum Gasteiger partial charge on any atom is 0.262 e. The van der Waals surface area contributed by atoms with E-state index in [1.807, 2.05) is 55.5 Å². The summed E-state index contributed by atoms with van der Waals surface area (Å²) in [6.07, 6.45) is 1.55. The molecule has 0 aliphatic rings. The zero-order valence-corrected chi connectivity index (χ0v) is 19.7. The molecular formula is C25H24ClN3O3S. The van der Waals surface area contributed by atoms with Crippen LogP contribution in [0.4, 0.5) is 5.69 Å². The third-order valence-corrected chi connectivity index (χ3v) is 5.62. The number of benzene rings is 3. The fourth-order valence-corrected chi connectivity index (χ4v) is 3.71. The van der Waals surface area contributed by atoms with Gasteiger partial charge in [-0.05, 0) is 66.6 Å². The van der Waals surface area contributed by atoms with Crippen LogP contribution in [0.25, 0.3) is 0 Å². The first kappa shape index (κ1) is 24.4. The molecule has 0 unspecified atom stereocenters. The Morgan fingerprint density at radius 2 is 1.79 bits per heavy atom. The predicted molar refractivity (Wildman–Crippen MR) is 135 cm³/mol. The molecule has 3 aromatic rings. The molecule has 0 heterocycles. The van der Waals surface area contributed by atoms with Crippen molar-refractivity contribution in [3.05, 3.63) is 94.5 Å². The van der Waals surface area contributed by atoms with Gasteiger partial charge in [-0.15, -0.1) is 11.8 Å². The summed E-state index contributed by atoms with van der Waals surface area (Å²) in [5, 5.41) is 7.44. The van der Waals surface area contributed by atoms with Crippen LogP contribution in [0.5, 0.6) is 5.75 Å². The summed E-state index contributed by atoms with van der Waals surface area (Å²) in [5.74, 6) is 1.13. The van der Waals surface area contributed by atoms with Crippen LogP contribution in [-0.4, -0.2) is 30.4 Å². The number of anilines is 1. The van der Waals surface area contributed by atoms with Crippen LogP contribution in [0.1, 0.15) is 16.7 Å². The first-order valence-electron chi connectivity index (χ1n) is 10.2. The highest BCUT2D eigenvalue weighted by Crippen LogP contribution is 2.16. The monoisotopic (exact) mass is 481 g/mol. The van der Waals surface area contributed by atoms with E-state index < -0.39 is 0 Å². The van der Waals surface area contributed by atoms with Crippen LogP contribution >= 0.6 is 23.4 Å². The molecule has 0 aliphatic carbocycles. The van der Waals surface area contributed by atoms with Crippen LogP contribution in [0.15, 0.2) is 77.9 Å². The molecule has 0 bridgehead atoms. The summed E-state index contributed by atoms with van der Waals surface area (Å²) in [6.45, 7) is 1.89. The molecule has 0 saturated carbocycles. The molecule has 0 aromatic heterocycles. The number of ether oxygens (including phenoxy) is 1. The summed E-state index contributed by atoms with van der Waals surface area (Å²) < 4.78 is 5.51. The Bertz CT molecular complexity index is 1100. The third-order valence-electron chi connectivity index (χ3n) is 4.38. The number of hydrogen-bond donors (Lipinski definition) is 2. The molecule has 8 heteroatoms. The number of aryl methyl sites for hydroxylation is 1. The number of halogens is 1. The molecule has 0 aliphatic heterocycles. The number of carbonyl (C=O) groups is 2. The van der Waals surface area contributed by atoms with Crippen LogP contribution in [-0.2, 0) is 15.3 Å². The average molecular weight is 482 g/mol. The van der Waals surface area contributed by atoms with Crippen LogP contribution < -0.4 is 15.5 Å². The van der Waals surface area contributed by atoms with Gasteiger partial charge < -0.3 is 10.1 Å². The summed E-state index contributed by atoms with van der Waals surface area (Å²) in [7, 11) is 0. The van der Waals surface area contributed by atoms with E-state index in [4.69, 9.17) is 16.3 Å². The Balaban J connectivity index is 1.35. The Morgan fingerprint density at radius 3 is 2.52 bits per heavy atom. The molecule has 2 N–H and O–H groups in total. The number of amides is 2. The van der Waals surface area contributed by atoms with E-state index in [1.54, 1.807) is 30.5 Å². The van der Waals surface area contributed by atoms with E-state index in [1.165, 1.54) is 11.8 Å². The van der Waals surface area contributed by atoms with Crippen molar-refractivity contribution >= 4 is 47.1 Å². The number of hydrogen-bond acceptors (Lipinski definition) is 5. The van der Waals surface area contributed by atoms with E-state index in [2.05, 4.69) is 15.8 Å². The fourth-order valence-electron chi connectivity index (χ4n) is 2.73. The van der Waals surface area contributed by atoms with Gasteiger partial charge in [0.25, 0.3) is 5.91 Å². The van der Waals surface area contributed by atoms with Crippen molar-refractivity contribution in [3.63, 3.8) is 0 Å². The quantitative estimate of drug-likeness (QED) is 0.313. The van der Waals surface area contributed by atoms with Gasteiger partial charge in [0.2, 0.25) is 5.91 Å². The van der Waals surface area contributed by atoms with E-state index in [9.17, 15) is 9.59 Å². The Labute approximate surface area is 202 Å². The molecule has 6 nitrogen and oxygen atoms in total. The van der Waals surface area contributed by atoms with Gasteiger partial charge >= 0.3 is 0 Å². The molecule has 3 rings (SSSR count). The summed E-state index contributed by atoms with van der Waals surface area (Å²) in [6, 6.07) is 22.2. The van der Waals surface area contributed by atoms with Gasteiger partial charge in [0, 0.05) is 16.5 Å². The zero-order valence-electron chi connectivity index (χ0n) is 18.1. The number of nitrogens with zero attached hydrogens (tertiary/aromatic N) is 1. The molecule has 0 atom stereocenters. The number of rotatable bonds is 10. The highest BCUT2D eigenvalue weighted by Gasteiger charge is 2.04. The van der Waals surface area contributed by atoms with Gasteiger partial charge in [0.1, 0.15) is 5.75 Å². The van der Waals surface area contributed by atoms with E-state index in [0.29, 0.717) is 22.3 Å². The average Bonchev–Trinajstić information content (AvgIpc) is 2.80. The van der Waals surface area contributed by atoms with E-state index in [0.717, 1.165) is 22.4 Å². The van der Waals surface area contributed by atoms with Gasteiger partial charge in [-0.3, -0.25) is 9.59 Å². The summed E-state index contributed by atoms with van der Waals surface area (Å²) in [5.41, 5.74) is 6.22. The Kier molecular flexibility index (Phi) is 9.35. The molecule has 0 spiro atoms. The lowest BCUT2D eigenvalue weighted by Gasteiger charge is -2.08. The molecule has 170 valence electrons. The molecule has 0 radical (unpaired) electrons. The molecule has 0 saturated heterocycles. The summed E-state index contributed by atoms with van der Waals surface area (Å²) in [4.78, 5) is 23.9. The lowest BCUT2D eigenvalue weighted by atomic mass is 10.2. The van der Waals surface area contributed by atoms with Gasteiger partial charge in [0.05, 0.1) is 12.0 Å². The smallest absolute Gasteiger partial charge is 0.262 e. The van der Waals surface area contributed by atoms with Crippen molar-refractivity contribution in [1.82, 2.24) is 5.43 Å². The van der Waals surface area contributed by atoms with Gasteiger partial charge in [-0.1, -0.05) is 41.4 Å². The van der Waals surface area contributed by atoms with E-state index in [-0.39, 0.29) is 18.4 Å². The highest BCUT2D eigenvalue weighted by atomic mass is 35.5. The Morgan fingerprint density at radius 1 is 1.03 bits per heavy atom. The fraction of sp³-hybridized carbons (Fsp3) is 0.160. The minimum atomic E-state index is -0.236. The Hall–Kier alpha value is -3.29. The van der Waals surface area contributed by atoms with Crippen molar-refractivity contribution < 1.29 is 14.3 Å². The van der Waals surface area contributed by atoms with Crippen LogP contribution in [0.3, 0.4) is 0 Å². The van der Waals surface area contributed by atoms with Crippen molar-refractivity contribution in [2.75, 3.05) is 17.7 Å². The van der Waals surface area contributed by atoms with Gasteiger partial charge in [-0.2, -0.15) is 5.10 Å². The number of thioether (sulfide) groups is 1.